The zero-order valence-corrected chi connectivity index (χ0v) is 36.4. The van der Waals surface area contributed by atoms with Gasteiger partial charge in [0.2, 0.25) is 0 Å². The van der Waals surface area contributed by atoms with Gasteiger partial charge >= 0.3 is 0 Å². The van der Waals surface area contributed by atoms with Crippen molar-refractivity contribution in [3.8, 4) is 16.8 Å². The van der Waals surface area contributed by atoms with Crippen molar-refractivity contribution in [1.29, 1.82) is 0 Å². The Morgan fingerprint density at radius 1 is 0.369 bits per heavy atom. The van der Waals surface area contributed by atoms with Crippen molar-refractivity contribution in [3.63, 3.8) is 0 Å². The Kier molecular flexibility index (Phi) is 7.36. The van der Waals surface area contributed by atoms with Crippen LogP contribution >= 0.6 is 0 Å². The van der Waals surface area contributed by atoms with Gasteiger partial charge in [-0.15, -0.1) is 0 Å². The molecule has 0 N–H and O–H groups in total. The first kappa shape index (κ1) is 36.2. The van der Waals surface area contributed by atoms with E-state index in [2.05, 4.69) is 216 Å². The van der Waals surface area contributed by atoms with Crippen molar-refractivity contribution >= 4 is 49.6 Å². The van der Waals surface area contributed by atoms with Crippen LogP contribution in [-0.2, 0) is 10.8 Å². The van der Waals surface area contributed by atoms with Gasteiger partial charge in [-0.3, -0.25) is 0 Å². The summed E-state index contributed by atoms with van der Waals surface area (Å²) < 4.78 is 2.42. The summed E-state index contributed by atoms with van der Waals surface area (Å²) in [5, 5.41) is 5.05. The number of fused-ring (bicyclic) bond motifs is 13. The molecular weight excluding hydrogens is 785 g/mol. The lowest BCUT2D eigenvalue weighted by Gasteiger charge is -2.65. The van der Waals surface area contributed by atoms with Gasteiger partial charge < -0.3 is 9.47 Å². The fourth-order valence-corrected chi connectivity index (χ4v) is 15.1. The van der Waals surface area contributed by atoms with Gasteiger partial charge in [-0.05, 0) is 172 Å². The Hall–Kier alpha value is -7.16. The molecule has 0 unspecified atom stereocenters. The lowest BCUT2D eigenvalue weighted by Crippen LogP contribution is -2.59. The lowest BCUT2D eigenvalue weighted by molar-refractivity contribution is -0.0440. The molecular formula is C63H48N2. The highest BCUT2D eigenvalue weighted by atomic mass is 15.1. The number of aromatic nitrogens is 1. The largest absolute Gasteiger partial charge is 0.310 e. The van der Waals surface area contributed by atoms with Crippen LogP contribution in [0.15, 0.2) is 206 Å². The highest BCUT2D eigenvalue weighted by Crippen LogP contribution is 2.71. The number of para-hydroxylation sites is 2. The average Bonchev–Trinajstić information content (AvgIpc) is 3.85. The minimum Gasteiger partial charge on any atom is -0.310 e. The fraction of sp³-hybridized carbons (Fsp3) is 0.175. The summed E-state index contributed by atoms with van der Waals surface area (Å²) in [5.41, 5.74) is 18.4. The maximum absolute atomic E-state index is 2.66. The van der Waals surface area contributed by atoms with E-state index < -0.39 is 5.41 Å². The van der Waals surface area contributed by atoms with Gasteiger partial charge in [-0.1, -0.05) is 146 Å². The van der Waals surface area contributed by atoms with E-state index in [-0.39, 0.29) is 5.41 Å². The first-order chi connectivity index (χ1) is 32.2. The maximum Gasteiger partial charge on any atom is 0.0720 e. The van der Waals surface area contributed by atoms with Crippen LogP contribution in [-0.4, -0.2) is 4.57 Å². The van der Waals surface area contributed by atoms with Crippen LogP contribution in [0.25, 0.3) is 49.4 Å². The smallest absolute Gasteiger partial charge is 0.0720 e. The SMILES string of the molecule is c1ccc2c(c1)-c1ccccc1C21c2ccccc2C2(c3ccc(N(c4ccc(-n5c6ccccc6c6ccccc65)cc4)c4ccc5ccccc5c4)cc31)C1CC3CC(C1)CC2C3. The van der Waals surface area contributed by atoms with Crippen LogP contribution in [0.2, 0.25) is 0 Å². The number of hydrogen-bond donors (Lipinski definition) is 0. The molecule has 0 amide bonds. The summed E-state index contributed by atoms with van der Waals surface area (Å²) in [7, 11) is 0. The Balaban J connectivity index is 1.000. The zero-order valence-electron chi connectivity index (χ0n) is 36.4. The first-order valence-corrected chi connectivity index (χ1v) is 24.0. The number of rotatable bonds is 4. The molecule has 310 valence electrons. The van der Waals surface area contributed by atoms with Crippen LogP contribution < -0.4 is 4.90 Å². The Bertz CT molecular complexity index is 3460. The molecule has 1 aromatic heterocycles. The summed E-state index contributed by atoms with van der Waals surface area (Å²) in [4.78, 5) is 2.53. The Morgan fingerprint density at radius 3 is 1.52 bits per heavy atom. The highest BCUT2D eigenvalue weighted by molar-refractivity contribution is 6.09. The van der Waals surface area contributed by atoms with E-state index in [0.29, 0.717) is 11.8 Å². The van der Waals surface area contributed by atoms with Gasteiger partial charge in [0.1, 0.15) is 0 Å². The van der Waals surface area contributed by atoms with Crippen LogP contribution in [0.1, 0.15) is 65.5 Å². The van der Waals surface area contributed by atoms with E-state index in [9.17, 15) is 0 Å². The van der Waals surface area contributed by atoms with Crippen molar-refractivity contribution < 1.29 is 0 Å². The van der Waals surface area contributed by atoms with E-state index in [1.165, 1.54) is 104 Å². The number of nitrogens with zero attached hydrogens (tertiary/aromatic N) is 2. The van der Waals surface area contributed by atoms with Crippen molar-refractivity contribution in [2.24, 2.45) is 23.7 Å². The second-order valence-corrected chi connectivity index (χ2v) is 20.0. The minimum atomic E-state index is -0.454. The molecule has 65 heavy (non-hydrogen) atoms. The molecule has 2 spiro atoms. The van der Waals surface area contributed by atoms with Crippen LogP contribution in [0.5, 0.6) is 0 Å². The molecule has 4 bridgehead atoms. The number of hydrogen-bond acceptors (Lipinski definition) is 1. The molecule has 6 aliphatic carbocycles. The molecule has 9 aromatic carbocycles. The van der Waals surface area contributed by atoms with E-state index in [1.807, 2.05) is 0 Å². The van der Waals surface area contributed by atoms with Gasteiger partial charge in [-0.2, -0.15) is 0 Å². The van der Waals surface area contributed by atoms with Crippen molar-refractivity contribution in [3.05, 3.63) is 240 Å². The summed E-state index contributed by atoms with van der Waals surface area (Å²) in [5.74, 6) is 3.05. The lowest BCUT2D eigenvalue weighted by atomic mass is 9.38. The number of anilines is 3. The molecule has 16 rings (SSSR count). The molecule has 1 heterocycles. The summed E-state index contributed by atoms with van der Waals surface area (Å²) in [6.45, 7) is 0. The highest BCUT2D eigenvalue weighted by Gasteiger charge is 2.64. The van der Waals surface area contributed by atoms with Gasteiger partial charge in [0, 0.05) is 38.9 Å². The normalized spacial score (nSPS) is 22.6. The second kappa shape index (κ2) is 13.2. The van der Waals surface area contributed by atoms with E-state index in [0.717, 1.165) is 28.9 Å². The summed E-state index contributed by atoms with van der Waals surface area (Å²) >= 11 is 0. The van der Waals surface area contributed by atoms with Crippen LogP contribution in [0.4, 0.5) is 17.1 Å². The van der Waals surface area contributed by atoms with Crippen LogP contribution in [0, 0.1) is 23.7 Å². The van der Waals surface area contributed by atoms with E-state index in [1.54, 1.807) is 11.1 Å². The molecule has 2 heteroatoms. The molecule has 0 aliphatic heterocycles. The van der Waals surface area contributed by atoms with E-state index in [4.69, 9.17) is 0 Å². The molecule has 0 atom stereocenters. The van der Waals surface area contributed by atoms with Crippen molar-refractivity contribution in [1.82, 2.24) is 4.57 Å². The molecule has 0 radical (unpaired) electrons. The predicted molar refractivity (Wildman–Crippen MR) is 268 cm³/mol. The Labute approximate surface area is 380 Å². The molecule has 4 saturated carbocycles. The minimum absolute atomic E-state index is 0.00660. The molecule has 10 aromatic rings. The third-order valence-corrected chi connectivity index (χ3v) is 17.2. The summed E-state index contributed by atoms with van der Waals surface area (Å²) in [6, 6.07) is 79.0. The van der Waals surface area contributed by atoms with Gasteiger partial charge in [0.05, 0.1) is 16.4 Å². The predicted octanol–water partition coefficient (Wildman–Crippen LogP) is 15.8. The topological polar surface area (TPSA) is 8.17 Å². The quantitative estimate of drug-likeness (QED) is 0.171. The van der Waals surface area contributed by atoms with Crippen molar-refractivity contribution in [2.45, 2.75) is 42.9 Å². The fourth-order valence-electron chi connectivity index (χ4n) is 15.1. The second-order valence-electron chi connectivity index (χ2n) is 20.0. The van der Waals surface area contributed by atoms with Gasteiger partial charge in [0.25, 0.3) is 0 Å². The van der Waals surface area contributed by atoms with Gasteiger partial charge in [0.15, 0.2) is 0 Å². The van der Waals surface area contributed by atoms with Gasteiger partial charge in [-0.25, -0.2) is 0 Å². The third kappa shape index (κ3) is 4.69. The monoisotopic (exact) mass is 832 g/mol. The first-order valence-electron chi connectivity index (χ1n) is 24.0. The van der Waals surface area contributed by atoms with E-state index >= 15 is 0 Å². The Morgan fingerprint density at radius 2 is 0.862 bits per heavy atom. The third-order valence-electron chi connectivity index (χ3n) is 17.2. The average molecular weight is 833 g/mol. The zero-order chi connectivity index (χ0) is 42.4. The van der Waals surface area contributed by atoms with Crippen LogP contribution in [0.3, 0.4) is 0 Å². The number of benzene rings is 9. The molecule has 6 aliphatic rings. The molecule has 2 nitrogen and oxygen atoms in total. The maximum atomic E-state index is 2.66. The summed E-state index contributed by atoms with van der Waals surface area (Å²) in [6.07, 6.45) is 6.85. The molecule has 4 fully saturated rings. The standard InChI is InChI=1S/C63H48N2/c1-2-14-43-38-48(26-25-42(43)13-1)64(46-27-29-47(30-28-46)65-60-23-11-5-17-52(60)53-18-6-12-24-61(53)65)49-31-32-58-59(39-49)63(54-19-7-3-15-50(54)51-16-4-8-20-55(51)63)57-22-10-9-21-56(57)62(58)44-34-40-33-41(36-44)37-45(62)35-40/h1-32,38-41,44-45H,33-37H2. The molecule has 0 saturated heterocycles. The van der Waals surface area contributed by atoms with Crippen molar-refractivity contribution in [2.75, 3.05) is 4.90 Å².